The van der Waals surface area contributed by atoms with Crippen molar-refractivity contribution in [3.63, 3.8) is 0 Å². The number of nitrogens with zero attached hydrogens (tertiary/aromatic N) is 1. The van der Waals surface area contributed by atoms with Crippen LogP contribution in [-0.2, 0) is 4.79 Å². The minimum absolute atomic E-state index is 0.0461. The third-order valence-corrected chi connectivity index (χ3v) is 3.53. The molecule has 0 unspecified atom stereocenters. The molecule has 0 spiro atoms. The predicted octanol–water partition coefficient (Wildman–Crippen LogP) is 3.77. The van der Waals surface area contributed by atoms with Crippen molar-refractivity contribution in [2.45, 2.75) is 20.3 Å². The fraction of sp³-hybridized carbons (Fsp3) is 0.278. The summed E-state index contributed by atoms with van der Waals surface area (Å²) in [7, 11) is 2.00. The Kier molecular flexibility index (Phi) is 4.99. The number of carbonyl (C=O) groups is 1. The van der Waals surface area contributed by atoms with E-state index in [0.717, 1.165) is 16.9 Å². The Morgan fingerprint density at radius 2 is 1.81 bits per heavy atom. The summed E-state index contributed by atoms with van der Waals surface area (Å²) in [6.07, 6.45) is 0.471. The number of para-hydroxylation sites is 1. The Labute approximate surface area is 126 Å². The zero-order valence-corrected chi connectivity index (χ0v) is 12.9. The lowest BCUT2D eigenvalue weighted by Crippen LogP contribution is -2.24. The van der Waals surface area contributed by atoms with Gasteiger partial charge in [0.1, 0.15) is 0 Å². The molecule has 0 fully saturated rings. The van der Waals surface area contributed by atoms with E-state index in [1.165, 1.54) is 5.56 Å². The van der Waals surface area contributed by atoms with Crippen molar-refractivity contribution in [1.82, 2.24) is 0 Å². The fourth-order valence-electron chi connectivity index (χ4n) is 2.25. The molecule has 0 heterocycles. The topological polar surface area (TPSA) is 32.3 Å². The summed E-state index contributed by atoms with van der Waals surface area (Å²) < 4.78 is 0. The van der Waals surface area contributed by atoms with Crippen molar-refractivity contribution >= 4 is 17.3 Å². The van der Waals surface area contributed by atoms with Crippen LogP contribution in [0.4, 0.5) is 11.4 Å². The lowest BCUT2D eigenvalue weighted by molar-refractivity contribution is -0.116. The van der Waals surface area contributed by atoms with E-state index in [0.29, 0.717) is 13.0 Å². The maximum Gasteiger partial charge on any atom is 0.226 e. The summed E-state index contributed by atoms with van der Waals surface area (Å²) in [6, 6.07) is 16.1. The first kappa shape index (κ1) is 15.1. The van der Waals surface area contributed by atoms with E-state index in [1.54, 1.807) is 0 Å². The molecule has 0 aliphatic rings. The molecule has 2 aromatic carbocycles. The number of rotatable bonds is 5. The van der Waals surface area contributed by atoms with Gasteiger partial charge in [-0.2, -0.15) is 0 Å². The number of aryl methyl sites for hydroxylation is 2. The number of anilines is 2. The van der Waals surface area contributed by atoms with Gasteiger partial charge in [0.15, 0.2) is 0 Å². The Hall–Kier alpha value is -2.29. The molecule has 0 saturated carbocycles. The normalized spacial score (nSPS) is 10.2. The summed E-state index contributed by atoms with van der Waals surface area (Å²) >= 11 is 0. The maximum atomic E-state index is 12.0. The molecule has 0 radical (unpaired) electrons. The monoisotopic (exact) mass is 282 g/mol. The van der Waals surface area contributed by atoms with Crippen molar-refractivity contribution in [3.05, 3.63) is 59.7 Å². The van der Waals surface area contributed by atoms with Gasteiger partial charge in [-0.05, 0) is 37.6 Å². The molecule has 3 heteroatoms. The van der Waals surface area contributed by atoms with E-state index in [9.17, 15) is 4.79 Å². The van der Waals surface area contributed by atoms with Gasteiger partial charge in [-0.1, -0.05) is 35.9 Å². The summed E-state index contributed by atoms with van der Waals surface area (Å²) in [5.74, 6) is 0.0461. The first-order valence-electron chi connectivity index (χ1n) is 7.19. The quantitative estimate of drug-likeness (QED) is 0.905. The maximum absolute atomic E-state index is 12.0. The highest BCUT2D eigenvalue weighted by Gasteiger charge is 2.07. The summed E-state index contributed by atoms with van der Waals surface area (Å²) in [5.41, 5.74) is 4.32. The zero-order chi connectivity index (χ0) is 15.2. The summed E-state index contributed by atoms with van der Waals surface area (Å²) in [4.78, 5) is 14.1. The van der Waals surface area contributed by atoms with Crippen LogP contribution in [0.1, 0.15) is 17.5 Å². The lowest BCUT2D eigenvalue weighted by atomic mass is 10.1. The summed E-state index contributed by atoms with van der Waals surface area (Å²) in [5, 5.41) is 2.98. The van der Waals surface area contributed by atoms with E-state index >= 15 is 0 Å². The van der Waals surface area contributed by atoms with Gasteiger partial charge >= 0.3 is 0 Å². The van der Waals surface area contributed by atoms with Gasteiger partial charge in [0.2, 0.25) is 5.91 Å². The molecule has 3 nitrogen and oxygen atoms in total. The third-order valence-electron chi connectivity index (χ3n) is 3.53. The molecule has 110 valence electrons. The SMILES string of the molecule is Cc1ccc(NC(=O)CCN(C)c2ccccc2)c(C)c1. The van der Waals surface area contributed by atoms with Crippen molar-refractivity contribution in [1.29, 1.82) is 0 Å². The van der Waals surface area contributed by atoms with E-state index in [1.807, 2.05) is 63.4 Å². The summed E-state index contributed by atoms with van der Waals surface area (Å²) in [6.45, 7) is 4.76. The van der Waals surface area contributed by atoms with E-state index in [2.05, 4.69) is 16.3 Å². The predicted molar refractivity (Wildman–Crippen MR) is 88.9 cm³/mol. The minimum Gasteiger partial charge on any atom is -0.374 e. The molecule has 1 N–H and O–H groups in total. The molecule has 0 aliphatic carbocycles. The number of hydrogen-bond acceptors (Lipinski definition) is 2. The van der Waals surface area contributed by atoms with Crippen LogP contribution in [0.25, 0.3) is 0 Å². The first-order chi connectivity index (χ1) is 10.1. The average Bonchev–Trinajstić information content (AvgIpc) is 2.48. The molecule has 2 rings (SSSR count). The van der Waals surface area contributed by atoms with Crippen LogP contribution in [0.2, 0.25) is 0 Å². The van der Waals surface area contributed by atoms with Crippen LogP contribution in [0, 0.1) is 13.8 Å². The zero-order valence-electron chi connectivity index (χ0n) is 12.9. The molecule has 0 bridgehead atoms. The van der Waals surface area contributed by atoms with Crippen molar-refractivity contribution in [3.8, 4) is 0 Å². The average molecular weight is 282 g/mol. The highest BCUT2D eigenvalue weighted by atomic mass is 16.1. The minimum atomic E-state index is 0.0461. The van der Waals surface area contributed by atoms with E-state index < -0.39 is 0 Å². The van der Waals surface area contributed by atoms with E-state index in [4.69, 9.17) is 0 Å². The highest BCUT2D eigenvalue weighted by Crippen LogP contribution is 2.16. The molecular weight excluding hydrogens is 260 g/mol. The third kappa shape index (κ3) is 4.35. The van der Waals surface area contributed by atoms with Gasteiger partial charge < -0.3 is 10.2 Å². The van der Waals surface area contributed by atoms with Gasteiger partial charge in [0.05, 0.1) is 0 Å². The second kappa shape index (κ2) is 6.93. The molecule has 0 saturated heterocycles. The highest BCUT2D eigenvalue weighted by molar-refractivity contribution is 5.91. The number of amides is 1. The molecule has 2 aromatic rings. The molecule has 0 aliphatic heterocycles. The number of carbonyl (C=O) groups excluding carboxylic acids is 1. The number of hydrogen-bond donors (Lipinski definition) is 1. The Balaban J connectivity index is 1.87. The van der Waals surface area contributed by atoms with Crippen LogP contribution in [0.5, 0.6) is 0 Å². The van der Waals surface area contributed by atoms with Crippen molar-refractivity contribution in [2.24, 2.45) is 0 Å². The lowest BCUT2D eigenvalue weighted by Gasteiger charge is -2.19. The van der Waals surface area contributed by atoms with Gasteiger partial charge in [-0.25, -0.2) is 0 Å². The molecule has 0 aromatic heterocycles. The number of benzene rings is 2. The van der Waals surface area contributed by atoms with Crippen molar-refractivity contribution < 1.29 is 4.79 Å². The van der Waals surface area contributed by atoms with Gasteiger partial charge in [0, 0.05) is 31.4 Å². The van der Waals surface area contributed by atoms with Crippen LogP contribution in [-0.4, -0.2) is 19.5 Å². The smallest absolute Gasteiger partial charge is 0.226 e. The second-order valence-corrected chi connectivity index (χ2v) is 5.37. The Morgan fingerprint density at radius 1 is 1.10 bits per heavy atom. The first-order valence-corrected chi connectivity index (χ1v) is 7.19. The van der Waals surface area contributed by atoms with Crippen molar-refractivity contribution in [2.75, 3.05) is 23.8 Å². The van der Waals surface area contributed by atoms with Gasteiger partial charge in [0.25, 0.3) is 0 Å². The second-order valence-electron chi connectivity index (χ2n) is 5.37. The standard InChI is InChI=1S/C18H22N2O/c1-14-9-10-17(15(2)13-14)19-18(21)11-12-20(3)16-7-5-4-6-8-16/h4-10,13H,11-12H2,1-3H3,(H,19,21). The van der Waals surface area contributed by atoms with Gasteiger partial charge in [-0.15, -0.1) is 0 Å². The molecular formula is C18H22N2O. The Bertz CT molecular complexity index is 608. The molecule has 21 heavy (non-hydrogen) atoms. The van der Waals surface area contributed by atoms with Gasteiger partial charge in [-0.3, -0.25) is 4.79 Å². The van der Waals surface area contributed by atoms with Crippen LogP contribution in [0.3, 0.4) is 0 Å². The molecule has 1 amide bonds. The Morgan fingerprint density at radius 3 is 2.48 bits per heavy atom. The van der Waals surface area contributed by atoms with E-state index in [-0.39, 0.29) is 5.91 Å². The largest absolute Gasteiger partial charge is 0.374 e. The fourth-order valence-corrected chi connectivity index (χ4v) is 2.25. The van der Waals surface area contributed by atoms with Crippen LogP contribution >= 0.6 is 0 Å². The van der Waals surface area contributed by atoms with Crippen LogP contribution in [0.15, 0.2) is 48.5 Å². The molecule has 0 atom stereocenters. The van der Waals surface area contributed by atoms with Crippen LogP contribution < -0.4 is 10.2 Å². The number of nitrogens with one attached hydrogen (secondary N) is 1.